The Morgan fingerprint density at radius 3 is 2.70 bits per heavy atom. The normalized spacial score (nSPS) is 13.6. The molecular weight excluding hydrogens is 280 g/mol. The van der Waals surface area contributed by atoms with Gasteiger partial charge in [0.2, 0.25) is 0 Å². The van der Waals surface area contributed by atoms with Gasteiger partial charge in [0.05, 0.1) is 6.10 Å². The van der Waals surface area contributed by atoms with Gasteiger partial charge in [-0.3, -0.25) is 0 Å². The number of nitrogens with one attached hydrogen (secondary N) is 2. The molecule has 0 aliphatic rings. The number of aliphatic hydroxyl groups is 1. The van der Waals surface area contributed by atoms with Crippen molar-refractivity contribution >= 4 is 17.6 Å². The molecule has 0 fully saturated rings. The third kappa shape index (κ3) is 5.77. The second-order valence-electron chi connectivity index (χ2n) is 4.52. The summed E-state index contributed by atoms with van der Waals surface area (Å²) in [7, 11) is 1.57. The maximum Gasteiger partial charge on any atom is 0.314 e. The molecule has 5 nitrogen and oxygen atoms in total. The summed E-state index contributed by atoms with van der Waals surface area (Å²) in [5.74, 6) is 0. The third-order valence-electron chi connectivity index (χ3n) is 2.83. The van der Waals surface area contributed by atoms with Crippen LogP contribution in [-0.4, -0.2) is 37.4 Å². The van der Waals surface area contributed by atoms with Crippen LogP contribution >= 0.6 is 11.6 Å². The Morgan fingerprint density at radius 1 is 1.40 bits per heavy atom. The lowest BCUT2D eigenvalue weighted by Gasteiger charge is -2.18. The molecule has 0 saturated heterocycles. The molecule has 2 amide bonds. The molecule has 2 atom stereocenters. The number of aliphatic hydroxyl groups excluding tert-OH is 1. The molecule has 1 rings (SSSR count). The summed E-state index contributed by atoms with van der Waals surface area (Å²) in [6, 6.07) is 7.07. The first kappa shape index (κ1) is 16.8. The number of ether oxygens (including phenoxy) is 1. The van der Waals surface area contributed by atoms with E-state index in [1.165, 1.54) is 0 Å². The van der Waals surface area contributed by atoms with Crippen LogP contribution in [0.5, 0.6) is 0 Å². The molecule has 20 heavy (non-hydrogen) atoms. The van der Waals surface area contributed by atoms with Crippen LogP contribution in [0.2, 0.25) is 5.02 Å². The highest BCUT2D eigenvalue weighted by molar-refractivity contribution is 6.31. The molecule has 0 spiro atoms. The maximum atomic E-state index is 11.6. The fourth-order valence-electron chi connectivity index (χ4n) is 1.70. The van der Waals surface area contributed by atoms with E-state index in [2.05, 4.69) is 10.6 Å². The van der Waals surface area contributed by atoms with E-state index in [0.717, 1.165) is 5.56 Å². The number of hydrogen-bond acceptors (Lipinski definition) is 3. The van der Waals surface area contributed by atoms with E-state index in [1.807, 2.05) is 18.2 Å². The van der Waals surface area contributed by atoms with Crippen LogP contribution in [0.3, 0.4) is 0 Å². The van der Waals surface area contributed by atoms with E-state index in [9.17, 15) is 4.79 Å². The van der Waals surface area contributed by atoms with Gasteiger partial charge < -0.3 is 20.5 Å². The van der Waals surface area contributed by atoms with Gasteiger partial charge in [0, 0.05) is 30.8 Å². The van der Waals surface area contributed by atoms with E-state index in [4.69, 9.17) is 21.4 Å². The Hall–Kier alpha value is -1.30. The van der Waals surface area contributed by atoms with Crippen molar-refractivity contribution in [3.8, 4) is 0 Å². The molecule has 0 aliphatic heterocycles. The summed E-state index contributed by atoms with van der Waals surface area (Å²) in [5.41, 5.74) is 0.834. The summed E-state index contributed by atoms with van der Waals surface area (Å²) in [6.07, 6.45) is -0.206. The lowest BCUT2D eigenvalue weighted by atomic mass is 10.1. The van der Waals surface area contributed by atoms with Crippen LogP contribution in [-0.2, 0) is 4.74 Å². The number of urea groups is 1. The van der Waals surface area contributed by atoms with Crippen LogP contribution in [0.4, 0.5) is 4.79 Å². The van der Waals surface area contributed by atoms with Crippen molar-refractivity contribution in [2.75, 3.05) is 20.2 Å². The lowest BCUT2D eigenvalue weighted by Crippen LogP contribution is -2.39. The maximum absolute atomic E-state index is 11.6. The Balaban J connectivity index is 2.42. The molecule has 3 N–H and O–H groups in total. The van der Waals surface area contributed by atoms with E-state index in [0.29, 0.717) is 24.5 Å². The average Bonchev–Trinajstić information content (AvgIpc) is 2.41. The van der Waals surface area contributed by atoms with Gasteiger partial charge >= 0.3 is 6.03 Å². The monoisotopic (exact) mass is 300 g/mol. The molecule has 1 aromatic carbocycles. The van der Waals surface area contributed by atoms with Crippen molar-refractivity contribution in [3.05, 3.63) is 34.9 Å². The molecular formula is C14H21ClN2O3. The van der Waals surface area contributed by atoms with Crippen LogP contribution < -0.4 is 10.6 Å². The van der Waals surface area contributed by atoms with Crippen LogP contribution in [0.15, 0.2) is 24.3 Å². The Kier molecular flexibility index (Phi) is 7.36. The van der Waals surface area contributed by atoms with Crippen molar-refractivity contribution in [1.29, 1.82) is 0 Å². The lowest BCUT2D eigenvalue weighted by molar-refractivity contribution is 0.104. The SMILES string of the molecule is COC(CNC(=O)NCCC(C)O)c1ccccc1Cl. The standard InChI is InChI=1S/C14H21ClN2O3/c1-10(18)7-8-16-14(19)17-9-13(20-2)11-5-3-4-6-12(11)15/h3-6,10,13,18H,7-9H2,1-2H3,(H2,16,17,19). The van der Waals surface area contributed by atoms with Crippen LogP contribution in [0, 0.1) is 0 Å². The minimum atomic E-state index is -0.426. The molecule has 0 aliphatic carbocycles. The first-order valence-electron chi connectivity index (χ1n) is 6.51. The van der Waals surface area contributed by atoms with Gasteiger partial charge in [-0.2, -0.15) is 0 Å². The first-order chi connectivity index (χ1) is 9.54. The quantitative estimate of drug-likeness (QED) is 0.722. The number of carbonyl (C=O) groups excluding carboxylic acids is 1. The first-order valence-corrected chi connectivity index (χ1v) is 6.89. The van der Waals surface area contributed by atoms with Crippen LogP contribution in [0.1, 0.15) is 25.0 Å². The molecule has 0 saturated carbocycles. The average molecular weight is 301 g/mol. The number of rotatable bonds is 7. The van der Waals surface area contributed by atoms with Crippen molar-refractivity contribution in [1.82, 2.24) is 10.6 Å². The van der Waals surface area contributed by atoms with Gasteiger partial charge in [-0.1, -0.05) is 29.8 Å². The smallest absolute Gasteiger partial charge is 0.314 e. The highest BCUT2D eigenvalue weighted by atomic mass is 35.5. The molecule has 0 radical (unpaired) electrons. The summed E-state index contributed by atoms with van der Waals surface area (Å²) >= 11 is 6.10. The van der Waals surface area contributed by atoms with E-state index in [1.54, 1.807) is 20.1 Å². The van der Waals surface area contributed by atoms with Crippen molar-refractivity contribution in [2.24, 2.45) is 0 Å². The molecule has 1 aromatic rings. The second kappa shape index (κ2) is 8.79. The number of hydrogen-bond donors (Lipinski definition) is 3. The van der Waals surface area contributed by atoms with Gasteiger partial charge in [0.15, 0.2) is 0 Å². The number of benzene rings is 1. The molecule has 0 heterocycles. The topological polar surface area (TPSA) is 70.6 Å². The van der Waals surface area contributed by atoms with Gasteiger partial charge in [0.25, 0.3) is 0 Å². The Morgan fingerprint density at radius 2 is 2.10 bits per heavy atom. The molecule has 0 bridgehead atoms. The zero-order valence-corrected chi connectivity index (χ0v) is 12.5. The van der Waals surface area contributed by atoms with E-state index in [-0.39, 0.29) is 12.1 Å². The minimum Gasteiger partial charge on any atom is -0.393 e. The van der Waals surface area contributed by atoms with E-state index >= 15 is 0 Å². The number of methoxy groups -OCH3 is 1. The summed E-state index contributed by atoms with van der Waals surface area (Å²) < 4.78 is 5.34. The van der Waals surface area contributed by atoms with Crippen molar-refractivity contribution < 1.29 is 14.6 Å². The van der Waals surface area contributed by atoms with Gasteiger partial charge in [-0.15, -0.1) is 0 Å². The van der Waals surface area contributed by atoms with Gasteiger partial charge in [-0.25, -0.2) is 4.79 Å². The van der Waals surface area contributed by atoms with Crippen LogP contribution in [0.25, 0.3) is 0 Å². The predicted molar refractivity (Wildman–Crippen MR) is 78.9 cm³/mol. The summed E-state index contributed by atoms with van der Waals surface area (Å²) in [6.45, 7) is 2.42. The number of carbonyl (C=O) groups is 1. The second-order valence-corrected chi connectivity index (χ2v) is 4.93. The minimum absolute atomic E-state index is 0.292. The third-order valence-corrected chi connectivity index (χ3v) is 3.18. The largest absolute Gasteiger partial charge is 0.393 e. The number of amides is 2. The summed E-state index contributed by atoms with van der Waals surface area (Å²) in [5, 5.41) is 15.1. The van der Waals surface area contributed by atoms with E-state index < -0.39 is 6.10 Å². The molecule has 112 valence electrons. The summed E-state index contributed by atoms with van der Waals surface area (Å²) in [4.78, 5) is 11.6. The zero-order valence-electron chi connectivity index (χ0n) is 11.7. The Bertz CT molecular complexity index is 427. The predicted octanol–water partition coefficient (Wildman–Crippen LogP) is 2.10. The van der Waals surface area contributed by atoms with Gasteiger partial charge in [-0.05, 0) is 19.4 Å². The molecule has 6 heteroatoms. The van der Waals surface area contributed by atoms with Crippen molar-refractivity contribution in [3.63, 3.8) is 0 Å². The van der Waals surface area contributed by atoms with Gasteiger partial charge in [0.1, 0.15) is 6.10 Å². The molecule has 2 unspecified atom stereocenters. The molecule has 0 aromatic heterocycles. The zero-order chi connectivity index (χ0) is 15.0. The fourth-order valence-corrected chi connectivity index (χ4v) is 1.96. The van der Waals surface area contributed by atoms with Crippen molar-refractivity contribution in [2.45, 2.75) is 25.6 Å². The Labute approximate surface area is 124 Å². The fraction of sp³-hybridized carbons (Fsp3) is 0.500. The number of halogens is 1. The highest BCUT2D eigenvalue weighted by Gasteiger charge is 2.14. The highest BCUT2D eigenvalue weighted by Crippen LogP contribution is 2.24.